The zero-order chi connectivity index (χ0) is 17.6. The SMILES string of the molecule is CC(=O)NCc1cccc([C@H]2CCCN2CC(=O)N2CCCCC2)n1. The molecular weight excluding hydrogens is 316 g/mol. The summed E-state index contributed by atoms with van der Waals surface area (Å²) in [6, 6.07) is 6.15. The lowest BCUT2D eigenvalue weighted by molar-refractivity contribution is -0.133. The van der Waals surface area contributed by atoms with Crippen LogP contribution in [-0.2, 0) is 16.1 Å². The van der Waals surface area contributed by atoms with Gasteiger partial charge >= 0.3 is 0 Å². The molecule has 136 valence electrons. The Morgan fingerprint density at radius 2 is 1.96 bits per heavy atom. The van der Waals surface area contributed by atoms with Crippen molar-refractivity contribution in [2.75, 3.05) is 26.2 Å². The topological polar surface area (TPSA) is 65.5 Å². The van der Waals surface area contributed by atoms with Crippen molar-refractivity contribution in [3.63, 3.8) is 0 Å². The molecule has 2 amide bonds. The van der Waals surface area contributed by atoms with Crippen LogP contribution in [0.1, 0.15) is 56.5 Å². The van der Waals surface area contributed by atoms with E-state index in [0.717, 1.165) is 56.7 Å². The minimum Gasteiger partial charge on any atom is -0.351 e. The fourth-order valence-corrected chi connectivity index (χ4v) is 3.76. The third-order valence-corrected chi connectivity index (χ3v) is 5.10. The number of carbonyl (C=O) groups is 2. The number of piperidine rings is 1. The number of hydrogen-bond acceptors (Lipinski definition) is 4. The molecule has 1 aromatic heterocycles. The zero-order valence-electron chi connectivity index (χ0n) is 15.0. The van der Waals surface area contributed by atoms with Crippen molar-refractivity contribution >= 4 is 11.8 Å². The third kappa shape index (κ3) is 4.78. The van der Waals surface area contributed by atoms with Gasteiger partial charge in [-0.15, -0.1) is 0 Å². The third-order valence-electron chi connectivity index (χ3n) is 5.10. The molecule has 25 heavy (non-hydrogen) atoms. The molecule has 6 nitrogen and oxygen atoms in total. The summed E-state index contributed by atoms with van der Waals surface area (Å²) in [4.78, 5) is 32.7. The molecule has 1 aromatic rings. The monoisotopic (exact) mass is 344 g/mol. The minimum absolute atomic E-state index is 0.0539. The van der Waals surface area contributed by atoms with E-state index in [1.54, 1.807) is 0 Å². The van der Waals surface area contributed by atoms with Crippen LogP contribution in [0.3, 0.4) is 0 Å². The van der Waals surface area contributed by atoms with E-state index in [1.807, 2.05) is 23.1 Å². The normalized spacial score (nSPS) is 21.3. The molecule has 0 radical (unpaired) electrons. The first kappa shape index (κ1) is 17.9. The number of nitrogens with one attached hydrogen (secondary N) is 1. The summed E-state index contributed by atoms with van der Waals surface area (Å²) in [5.41, 5.74) is 1.87. The largest absolute Gasteiger partial charge is 0.351 e. The zero-order valence-corrected chi connectivity index (χ0v) is 15.0. The molecule has 3 heterocycles. The number of hydrogen-bond donors (Lipinski definition) is 1. The lowest BCUT2D eigenvalue weighted by atomic mass is 10.1. The highest BCUT2D eigenvalue weighted by Crippen LogP contribution is 2.30. The second kappa shape index (κ2) is 8.43. The molecule has 2 fully saturated rings. The van der Waals surface area contributed by atoms with Gasteiger partial charge in [-0.05, 0) is 50.8 Å². The number of carbonyl (C=O) groups excluding carboxylic acids is 2. The average molecular weight is 344 g/mol. The van der Waals surface area contributed by atoms with Crippen molar-refractivity contribution in [2.24, 2.45) is 0 Å². The van der Waals surface area contributed by atoms with Crippen molar-refractivity contribution in [2.45, 2.75) is 51.6 Å². The first-order valence-electron chi connectivity index (χ1n) is 9.35. The highest BCUT2D eigenvalue weighted by atomic mass is 16.2. The summed E-state index contributed by atoms with van der Waals surface area (Å²) in [7, 11) is 0. The van der Waals surface area contributed by atoms with Crippen molar-refractivity contribution in [1.29, 1.82) is 0 Å². The Hall–Kier alpha value is -1.95. The Labute approximate surface area is 149 Å². The molecule has 2 aliphatic heterocycles. The summed E-state index contributed by atoms with van der Waals surface area (Å²) in [5.74, 6) is 0.197. The molecule has 0 aromatic carbocycles. The van der Waals surface area contributed by atoms with Crippen LogP contribution in [0.25, 0.3) is 0 Å². The van der Waals surface area contributed by atoms with Crippen LogP contribution in [0.2, 0.25) is 0 Å². The second-order valence-electron chi connectivity index (χ2n) is 7.03. The Bertz CT molecular complexity index is 613. The fraction of sp³-hybridized carbons (Fsp3) is 0.632. The van der Waals surface area contributed by atoms with Crippen LogP contribution >= 0.6 is 0 Å². The predicted molar refractivity (Wildman–Crippen MR) is 95.7 cm³/mol. The molecule has 2 saturated heterocycles. The van der Waals surface area contributed by atoms with E-state index >= 15 is 0 Å². The maximum Gasteiger partial charge on any atom is 0.236 e. The molecule has 0 spiro atoms. The van der Waals surface area contributed by atoms with E-state index in [0.29, 0.717) is 13.1 Å². The second-order valence-corrected chi connectivity index (χ2v) is 7.03. The Balaban J connectivity index is 1.63. The molecule has 3 rings (SSSR count). The van der Waals surface area contributed by atoms with Crippen molar-refractivity contribution < 1.29 is 9.59 Å². The fourth-order valence-electron chi connectivity index (χ4n) is 3.76. The van der Waals surface area contributed by atoms with Gasteiger partial charge in [-0.2, -0.15) is 0 Å². The van der Waals surface area contributed by atoms with E-state index in [2.05, 4.69) is 10.2 Å². The Morgan fingerprint density at radius 3 is 2.72 bits per heavy atom. The number of pyridine rings is 1. The van der Waals surface area contributed by atoms with Crippen LogP contribution in [0.5, 0.6) is 0 Å². The summed E-state index contributed by atoms with van der Waals surface area (Å²) in [6.07, 6.45) is 5.62. The minimum atomic E-state index is -0.0539. The van der Waals surface area contributed by atoms with E-state index in [9.17, 15) is 9.59 Å². The van der Waals surface area contributed by atoms with Crippen LogP contribution in [0, 0.1) is 0 Å². The van der Waals surface area contributed by atoms with Crippen LogP contribution in [0.15, 0.2) is 18.2 Å². The summed E-state index contributed by atoms with van der Waals surface area (Å²) >= 11 is 0. The highest BCUT2D eigenvalue weighted by Gasteiger charge is 2.30. The number of rotatable bonds is 5. The van der Waals surface area contributed by atoms with Gasteiger partial charge in [0.2, 0.25) is 11.8 Å². The van der Waals surface area contributed by atoms with E-state index < -0.39 is 0 Å². The van der Waals surface area contributed by atoms with Gasteiger partial charge < -0.3 is 10.2 Å². The molecule has 0 bridgehead atoms. The van der Waals surface area contributed by atoms with Crippen molar-refractivity contribution in [3.05, 3.63) is 29.6 Å². The summed E-state index contributed by atoms with van der Waals surface area (Å²) in [5, 5.41) is 2.79. The van der Waals surface area contributed by atoms with E-state index in [-0.39, 0.29) is 17.9 Å². The van der Waals surface area contributed by atoms with Gasteiger partial charge in [0.15, 0.2) is 0 Å². The first-order chi connectivity index (χ1) is 12.1. The van der Waals surface area contributed by atoms with Crippen LogP contribution < -0.4 is 5.32 Å². The van der Waals surface area contributed by atoms with Crippen LogP contribution in [0.4, 0.5) is 0 Å². The highest BCUT2D eigenvalue weighted by molar-refractivity contribution is 5.78. The van der Waals surface area contributed by atoms with Gasteiger partial charge in [-0.25, -0.2) is 0 Å². The lowest BCUT2D eigenvalue weighted by Crippen LogP contribution is -2.42. The lowest BCUT2D eigenvalue weighted by Gasteiger charge is -2.30. The maximum atomic E-state index is 12.6. The van der Waals surface area contributed by atoms with Gasteiger partial charge in [0, 0.05) is 20.0 Å². The molecule has 0 aliphatic carbocycles. The molecule has 0 unspecified atom stereocenters. The van der Waals surface area contributed by atoms with Gasteiger partial charge in [0.25, 0.3) is 0 Å². The molecule has 0 saturated carbocycles. The van der Waals surface area contributed by atoms with Gasteiger partial charge in [0.1, 0.15) is 0 Å². The standard InChI is InChI=1S/C19H28N4O2/c1-15(24)20-13-16-7-5-8-17(21-16)18-9-6-12-23(18)14-19(25)22-10-3-2-4-11-22/h5,7-8,18H,2-4,6,9-14H2,1H3,(H,20,24)/t18-/m1/s1. The first-order valence-corrected chi connectivity index (χ1v) is 9.35. The summed E-state index contributed by atoms with van der Waals surface area (Å²) < 4.78 is 0. The van der Waals surface area contributed by atoms with Gasteiger partial charge in [0.05, 0.1) is 30.5 Å². The van der Waals surface area contributed by atoms with Crippen LogP contribution in [-0.4, -0.2) is 52.8 Å². The number of amides is 2. The Morgan fingerprint density at radius 1 is 1.16 bits per heavy atom. The quantitative estimate of drug-likeness (QED) is 0.885. The Kier molecular flexibility index (Phi) is 6.02. The number of likely N-dealkylation sites (tertiary alicyclic amines) is 2. The molecule has 6 heteroatoms. The number of aromatic nitrogens is 1. The van der Waals surface area contributed by atoms with Crippen molar-refractivity contribution in [1.82, 2.24) is 20.1 Å². The maximum absolute atomic E-state index is 12.6. The molecule has 2 aliphatic rings. The number of nitrogens with zero attached hydrogens (tertiary/aromatic N) is 3. The summed E-state index contributed by atoms with van der Waals surface area (Å²) in [6.45, 7) is 5.20. The molecule has 1 atom stereocenters. The van der Waals surface area contributed by atoms with Gasteiger partial charge in [-0.1, -0.05) is 6.07 Å². The average Bonchev–Trinajstić information content (AvgIpc) is 3.09. The van der Waals surface area contributed by atoms with Gasteiger partial charge in [-0.3, -0.25) is 19.5 Å². The molecule has 1 N–H and O–H groups in total. The molecular formula is C19H28N4O2. The van der Waals surface area contributed by atoms with E-state index in [1.165, 1.54) is 13.3 Å². The predicted octanol–water partition coefficient (Wildman–Crippen LogP) is 1.87. The smallest absolute Gasteiger partial charge is 0.236 e. The van der Waals surface area contributed by atoms with Crippen molar-refractivity contribution in [3.8, 4) is 0 Å². The van der Waals surface area contributed by atoms with E-state index in [4.69, 9.17) is 4.98 Å².